The van der Waals surface area contributed by atoms with Gasteiger partial charge in [-0.1, -0.05) is 6.07 Å². The summed E-state index contributed by atoms with van der Waals surface area (Å²) in [4.78, 5) is 31.0. The van der Waals surface area contributed by atoms with E-state index in [1.165, 1.54) is 0 Å². The van der Waals surface area contributed by atoms with E-state index < -0.39 is 12.1 Å². The predicted octanol–water partition coefficient (Wildman–Crippen LogP) is 2.35. The zero-order valence-electron chi connectivity index (χ0n) is 15.3. The third-order valence-electron chi connectivity index (χ3n) is 5.85. The minimum Gasteiger partial charge on any atom is -0.465 e. The molecule has 1 amide bonds. The molecule has 3 saturated heterocycles. The molecule has 1 atom stereocenters. The van der Waals surface area contributed by atoms with E-state index in [1.54, 1.807) is 22.1 Å². The van der Waals surface area contributed by atoms with Gasteiger partial charge in [0.15, 0.2) is 0 Å². The van der Waals surface area contributed by atoms with Gasteiger partial charge in [-0.05, 0) is 18.1 Å². The Morgan fingerprint density at radius 2 is 1.96 bits per heavy atom. The van der Waals surface area contributed by atoms with Crippen molar-refractivity contribution in [3.8, 4) is 0 Å². The molecule has 6 nitrogen and oxygen atoms in total. The number of nitrogens with zero attached hydrogens (tertiary/aromatic N) is 3. The second-order valence-electron chi connectivity index (χ2n) is 7.88. The number of aromatic nitrogens is 1. The van der Waals surface area contributed by atoms with Gasteiger partial charge in [-0.2, -0.15) is 13.2 Å². The Morgan fingerprint density at radius 1 is 1.21 bits per heavy atom. The molecule has 0 aliphatic carbocycles. The smallest absolute Gasteiger partial charge is 0.395 e. The molecule has 28 heavy (non-hydrogen) atoms. The number of hydrogen-bond acceptors (Lipinski definition) is 5. The topological polar surface area (TPSA) is 62.7 Å². The average Bonchev–Trinajstić information content (AvgIpc) is 2.96. The minimum absolute atomic E-state index is 0.0425. The Bertz CT molecular complexity index is 741. The number of likely N-dealkylation sites (tertiary alicyclic amines) is 1. The summed E-state index contributed by atoms with van der Waals surface area (Å²) in [6.07, 6.45) is -0.963. The van der Waals surface area contributed by atoms with E-state index in [2.05, 4.69) is 4.98 Å². The first-order valence-electron chi connectivity index (χ1n) is 9.50. The van der Waals surface area contributed by atoms with Crippen LogP contribution in [0.25, 0.3) is 0 Å². The lowest BCUT2D eigenvalue weighted by Gasteiger charge is -2.41. The van der Waals surface area contributed by atoms with E-state index >= 15 is 0 Å². The van der Waals surface area contributed by atoms with E-state index in [4.69, 9.17) is 4.74 Å². The number of ether oxygens (including phenoxy) is 1. The number of carbonyl (C=O) groups excluding carboxylic acids is 2. The number of carbonyl (C=O) groups is 2. The summed E-state index contributed by atoms with van der Waals surface area (Å²) in [7, 11) is 0. The predicted molar refractivity (Wildman–Crippen MR) is 93.6 cm³/mol. The van der Waals surface area contributed by atoms with Crippen molar-refractivity contribution in [2.45, 2.75) is 31.4 Å². The molecule has 3 aliphatic rings. The molecule has 4 rings (SSSR count). The van der Waals surface area contributed by atoms with Crippen molar-refractivity contribution in [2.75, 3.05) is 37.7 Å². The molecule has 0 unspecified atom stereocenters. The first-order chi connectivity index (χ1) is 13.3. The summed E-state index contributed by atoms with van der Waals surface area (Å²) in [5.74, 6) is -0.465. The molecule has 0 saturated carbocycles. The van der Waals surface area contributed by atoms with Crippen molar-refractivity contribution in [2.24, 2.45) is 11.8 Å². The van der Waals surface area contributed by atoms with Crippen LogP contribution in [0.1, 0.15) is 30.7 Å². The Balaban J connectivity index is 1.20. The highest BCUT2D eigenvalue weighted by Gasteiger charge is 2.47. The van der Waals surface area contributed by atoms with E-state index in [9.17, 15) is 22.8 Å². The normalized spacial score (nSPS) is 23.4. The molecular formula is C19H22F3N3O3. The van der Waals surface area contributed by atoms with Crippen LogP contribution in [0.3, 0.4) is 0 Å². The SMILES string of the molecule is O=C1C[C@H](CCC(=O)N2CC(c3ccc(N4CC(C(F)(F)F)C4)nc3)C2)CO1. The summed E-state index contributed by atoms with van der Waals surface area (Å²) >= 11 is 0. The standard InChI is InChI=1S/C19H22F3N3O3/c20-19(21,22)15-9-24(10-15)16-3-2-13(6-23-16)14-7-25(8-14)17(26)4-1-12-5-18(27)28-11-12/h2-3,6,12,14-15H,1,4-5,7-11H2/t12-/m0/s1. The third-order valence-corrected chi connectivity index (χ3v) is 5.85. The minimum atomic E-state index is -4.14. The summed E-state index contributed by atoms with van der Waals surface area (Å²) in [5.41, 5.74) is 0.996. The highest BCUT2D eigenvalue weighted by Crippen LogP contribution is 2.36. The number of halogens is 3. The summed E-state index contributed by atoms with van der Waals surface area (Å²) in [6.45, 7) is 1.57. The maximum atomic E-state index is 12.6. The average molecular weight is 397 g/mol. The number of amides is 1. The quantitative estimate of drug-likeness (QED) is 0.714. The molecular weight excluding hydrogens is 375 g/mol. The largest absolute Gasteiger partial charge is 0.465 e. The van der Waals surface area contributed by atoms with Crippen LogP contribution >= 0.6 is 0 Å². The van der Waals surface area contributed by atoms with Crippen LogP contribution in [0.4, 0.5) is 19.0 Å². The highest BCUT2D eigenvalue weighted by atomic mass is 19.4. The fraction of sp³-hybridized carbons (Fsp3) is 0.632. The Labute approximate surface area is 160 Å². The number of pyridine rings is 1. The van der Waals surface area contributed by atoms with Crippen molar-refractivity contribution < 1.29 is 27.5 Å². The third kappa shape index (κ3) is 3.93. The summed E-state index contributed by atoms with van der Waals surface area (Å²) < 4.78 is 42.6. The summed E-state index contributed by atoms with van der Waals surface area (Å²) in [6, 6.07) is 3.64. The van der Waals surface area contributed by atoms with Gasteiger partial charge in [0.1, 0.15) is 5.82 Å². The monoisotopic (exact) mass is 397 g/mol. The lowest BCUT2D eigenvalue weighted by atomic mass is 9.91. The number of cyclic esters (lactones) is 1. The van der Waals surface area contributed by atoms with Crippen LogP contribution in [-0.4, -0.2) is 60.7 Å². The molecule has 1 aromatic heterocycles. The van der Waals surface area contributed by atoms with Crippen LogP contribution in [0.5, 0.6) is 0 Å². The van der Waals surface area contributed by atoms with Gasteiger partial charge in [0.2, 0.25) is 5.91 Å². The van der Waals surface area contributed by atoms with Gasteiger partial charge >= 0.3 is 12.1 Å². The molecule has 3 fully saturated rings. The van der Waals surface area contributed by atoms with Crippen LogP contribution in [0.2, 0.25) is 0 Å². The Hall–Kier alpha value is -2.32. The molecule has 9 heteroatoms. The van der Waals surface area contributed by atoms with Crippen molar-refractivity contribution in [3.05, 3.63) is 23.9 Å². The second kappa shape index (κ2) is 7.25. The second-order valence-corrected chi connectivity index (χ2v) is 7.88. The number of rotatable bonds is 5. The molecule has 1 aromatic rings. The highest BCUT2D eigenvalue weighted by molar-refractivity contribution is 5.77. The first-order valence-corrected chi connectivity index (χ1v) is 9.50. The Morgan fingerprint density at radius 3 is 2.54 bits per heavy atom. The van der Waals surface area contributed by atoms with Gasteiger partial charge in [-0.25, -0.2) is 4.98 Å². The lowest BCUT2D eigenvalue weighted by Crippen LogP contribution is -2.53. The fourth-order valence-corrected chi connectivity index (χ4v) is 3.83. The maximum absolute atomic E-state index is 12.6. The van der Waals surface area contributed by atoms with E-state index in [1.807, 2.05) is 6.07 Å². The van der Waals surface area contributed by atoms with Gasteiger partial charge in [-0.15, -0.1) is 0 Å². The van der Waals surface area contributed by atoms with Gasteiger partial charge in [-0.3, -0.25) is 9.59 Å². The van der Waals surface area contributed by atoms with Gasteiger partial charge < -0.3 is 14.5 Å². The zero-order chi connectivity index (χ0) is 19.9. The van der Waals surface area contributed by atoms with Crippen LogP contribution in [0, 0.1) is 11.8 Å². The number of anilines is 1. The first kappa shape index (κ1) is 19.0. The van der Waals surface area contributed by atoms with Gasteiger partial charge in [0.05, 0.1) is 18.9 Å². The van der Waals surface area contributed by atoms with Gasteiger partial charge in [0, 0.05) is 50.6 Å². The van der Waals surface area contributed by atoms with Crippen molar-refractivity contribution in [1.82, 2.24) is 9.88 Å². The Kier molecular flexibility index (Phi) is 4.93. The molecule has 4 heterocycles. The van der Waals surface area contributed by atoms with Crippen LogP contribution in [-0.2, 0) is 14.3 Å². The molecule has 152 valence electrons. The van der Waals surface area contributed by atoms with Crippen LogP contribution < -0.4 is 4.90 Å². The molecule has 3 aliphatic heterocycles. The molecule has 0 N–H and O–H groups in total. The fourth-order valence-electron chi connectivity index (χ4n) is 3.83. The number of esters is 1. The molecule has 0 radical (unpaired) electrons. The molecule has 0 aromatic carbocycles. The van der Waals surface area contributed by atoms with Crippen molar-refractivity contribution in [3.63, 3.8) is 0 Å². The van der Waals surface area contributed by atoms with E-state index in [0.29, 0.717) is 44.8 Å². The maximum Gasteiger partial charge on any atom is 0.395 e. The van der Waals surface area contributed by atoms with Crippen molar-refractivity contribution >= 4 is 17.7 Å². The molecule has 0 spiro atoms. The van der Waals surface area contributed by atoms with Crippen LogP contribution in [0.15, 0.2) is 18.3 Å². The lowest BCUT2D eigenvalue weighted by molar-refractivity contribution is -0.180. The number of hydrogen-bond donors (Lipinski definition) is 0. The van der Waals surface area contributed by atoms with E-state index in [0.717, 1.165) is 5.56 Å². The van der Waals surface area contributed by atoms with Gasteiger partial charge in [0.25, 0.3) is 0 Å². The summed E-state index contributed by atoms with van der Waals surface area (Å²) in [5, 5.41) is 0. The molecule has 0 bridgehead atoms. The van der Waals surface area contributed by atoms with E-state index in [-0.39, 0.29) is 36.8 Å². The number of alkyl halides is 3. The van der Waals surface area contributed by atoms with Crippen molar-refractivity contribution in [1.29, 1.82) is 0 Å². The zero-order valence-corrected chi connectivity index (χ0v) is 15.3.